The Morgan fingerprint density at radius 3 is 2.53 bits per heavy atom. The second-order valence-electron chi connectivity index (χ2n) is 5.86. The van der Waals surface area contributed by atoms with E-state index < -0.39 is 0 Å². The number of aromatic nitrogens is 2. The number of nitrogens with one attached hydrogen (secondary N) is 1. The van der Waals surface area contributed by atoms with Crippen LogP contribution in [0.25, 0.3) is 0 Å². The number of nitrogens with zero attached hydrogens (tertiary/aromatic N) is 2. The normalized spacial score (nSPS) is 18.7. The van der Waals surface area contributed by atoms with Crippen LogP contribution >= 0.6 is 0 Å². The molecule has 4 heteroatoms. The topological polar surface area (TPSA) is 47.0 Å². The second kappa shape index (κ2) is 5.35. The summed E-state index contributed by atoms with van der Waals surface area (Å²) in [7, 11) is 0. The zero-order chi connectivity index (χ0) is 13.2. The predicted molar refractivity (Wildman–Crippen MR) is 75.4 cm³/mol. The molecule has 3 rings (SSSR count). The molecule has 104 valence electrons. The molecule has 2 aliphatic carbocycles. The van der Waals surface area contributed by atoms with Crippen LogP contribution in [0.5, 0.6) is 5.88 Å². The molecule has 19 heavy (non-hydrogen) atoms. The summed E-state index contributed by atoms with van der Waals surface area (Å²) in [6.07, 6.45) is 6.44. The Balaban J connectivity index is 1.69. The zero-order valence-electron chi connectivity index (χ0n) is 11.9. The van der Waals surface area contributed by atoms with Crippen molar-refractivity contribution in [2.75, 3.05) is 11.9 Å². The Labute approximate surface area is 115 Å². The van der Waals surface area contributed by atoms with Crippen molar-refractivity contribution in [1.29, 1.82) is 0 Å². The fourth-order valence-corrected chi connectivity index (χ4v) is 2.57. The first-order valence-electron chi connectivity index (χ1n) is 7.51. The maximum Gasteiger partial charge on any atom is 0.226 e. The second-order valence-corrected chi connectivity index (χ2v) is 5.86. The van der Waals surface area contributed by atoms with Gasteiger partial charge in [-0.2, -0.15) is 4.98 Å². The summed E-state index contributed by atoms with van der Waals surface area (Å²) in [5.74, 6) is 3.13. The summed E-state index contributed by atoms with van der Waals surface area (Å²) in [5, 5.41) is 3.56. The summed E-state index contributed by atoms with van der Waals surface area (Å²) in [6.45, 7) is 4.81. The van der Waals surface area contributed by atoms with Crippen molar-refractivity contribution in [2.24, 2.45) is 11.8 Å². The molecule has 0 atom stereocenters. The standard InChI is InChI=1S/C15H23N3O/c1-3-8-19-13-9-10(2)16-15(17-13)18-14(11-4-5-11)12-6-7-12/h9,11-12,14H,3-8H2,1-2H3,(H,16,17,18). The minimum atomic E-state index is 0.584. The summed E-state index contributed by atoms with van der Waals surface area (Å²) in [6, 6.07) is 2.49. The lowest BCUT2D eigenvalue weighted by Gasteiger charge is -2.18. The summed E-state index contributed by atoms with van der Waals surface area (Å²) < 4.78 is 5.62. The van der Waals surface area contributed by atoms with E-state index in [1.54, 1.807) is 0 Å². The zero-order valence-corrected chi connectivity index (χ0v) is 11.9. The number of hydrogen-bond donors (Lipinski definition) is 1. The van der Waals surface area contributed by atoms with E-state index in [-0.39, 0.29) is 0 Å². The van der Waals surface area contributed by atoms with Crippen LogP contribution in [0.15, 0.2) is 6.07 Å². The van der Waals surface area contributed by atoms with E-state index in [0.717, 1.165) is 29.9 Å². The highest BCUT2D eigenvalue weighted by molar-refractivity contribution is 5.33. The van der Waals surface area contributed by atoms with Gasteiger partial charge in [0.15, 0.2) is 0 Å². The number of ether oxygens (including phenoxy) is 1. The molecule has 0 unspecified atom stereocenters. The van der Waals surface area contributed by atoms with Crippen LogP contribution in [-0.4, -0.2) is 22.6 Å². The van der Waals surface area contributed by atoms with Crippen LogP contribution in [-0.2, 0) is 0 Å². The molecule has 2 aliphatic rings. The third-order valence-corrected chi connectivity index (χ3v) is 3.84. The molecular weight excluding hydrogens is 238 g/mol. The first-order valence-corrected chi connectivity index (χ1v) is 7.51. The smallest absolute Gasteiger partial charge is 0.226 e. The largest absolute Gasteiger partial charge is 0.478 e. The molecule has 0 saturated heterocycles. The molecule has 1 N–H and O–H groups in total. The minimum absolute atomic E-state index is 0.584. The average Bonchev–Trinajstić information content (AvgIpc) is 3.27. The van der Waals surface area contributed by atoms with Gasteiger partial charge in [0, 0.05) is 17.8 Å². The average molecular weight is 261 g/mol. The van der Waals surface area contributed by atoms with Crippen molar-refractivity contribution in [2.45, 2.75) is 52.0 Å². The minimum Gasteiger partial charge on any atom is -0.478 e. The molecule has 0 bridgehead atoms. The van der Waals surface area contributed by atoms with Gasteiger partial charge < -0.3 is 10.1 Å². The number of aryl methyl sites for hydroxylation is 1. The van der Waals surface area contributed by atoms with Crippen LogP contribution in [0.1, 0.15) is 44.7 Å². The van der Waals surface area contributed by atoms with Crippen molar-refractivity contribution in [3.8, 4) is 5.88 Å². The van der Waals surface area contributed by atoms with Crippen LogP contribution in [0.2, 0.25) is 0 Å². The van der Waals surface area contributed by atoms with E-state index in [0.29, 0.717) is 18.5 Å². The predicted octanol–water partition coefficient (Wildman–Crippen LogP) is 3.17. The fraction of sp³-hybridized carbons (Fsp3) is 0.733. The van der Waals surface area contributed by atoms with Gasteiger partial charge in [-0.25, -0.2) is 4.98 Å². The molecule has 1 aromatic heterocycles. The summed E-state index contributed by atoms with van der Waals surface area (Å²) in [5.41, 5.74) is 0.967. The van der Waals surface area contributed by atoms with Gasteiger partial charge in [-0.1, -0.05) is 6.92 Å². The van der Waals surface area contributed by atoms with Gasteiger partial charge in [0.05, 0.1) is 6.61 Å². The molecule has 2 saturated carbocycles. The molecule has 1 aromatic rings. The van der Waals surface area contributed by atoms with Crippen molar-refractivity contribution in [3.05, 3.63) is 11.8 Å². The van der Waals surface area contributed by atoms with Crippen LogP contribution in [0, 0.1) is 18.8 Å². The van der Waals surface area contributed by atoms with Crippen molar-refractivity contribution in [3.63, 3.8) is 0 Å². The lowest BCUT2D eigenvalue weighted by Crippen LogP contribution is -2.25. The molecular formula is C15H23N3O. The number of anilines is 1. The molecule has 0 aliphatic heterocycles. The number of rotatable bonds is 7. The third-order valence-electron chi connectivity index (χ3n) is 3.84. The summed E-state index contributed by atoms with van der Waals surface area (Å²) >= 11 is 0. The quantitative estimate of drug-likeness (QED) is 0.819. The molecule has 0 amide bonds. The fourth-order valence-electron chi connectivity index (χ4n) is 2.57. The van der Waals surface area contributed by atoms with E-state index >= 15 is 0 Å². The van der Waals surface area contributed by atoms with Crippen LogP contribution < -0.4 is 10.1 Å². The van der Waals surface area contributed by atoms with Crippen molar-refractivity contribution < 1.29 is 4.74 Å². The van der Waals surface area contributed by atoms with Gasteiger partial charge in [0.1, 0.15) is 0 Å². The highest BCUT2D eigenvalue weighted by Gasteiger charge is 2.41. The monoisotopic (exact) mass is 261 g/mol. The SMILES string of the molecule is CCCOc1cc(C)nc(NC(C2CC2)C2CC2)n1. The van der Waals surface area contributed by atoms with Gasteiger partial charge in [-0.05, 0) is 50.9 Å². The van der Waals surface area contributed by atoms with E-state index in [4.69, 9.17) is 4.74 Å². The Bertz CT molecular complexity index is 429. The molecule has 0 radical (unpaired) electrons. The highest BCUT2D eigenvalue weighted by Crippen LogP contribution is 2.45. The molecule has 0 spiro atoms. The molecule has 2 fully saturated rings. The summed E-state index contributed by atoms with van der Waals surface area (Å²) in [4.78, 5) is 8.99. The molecule has 1 heterocycles. The molecule has 4 nitrogen and oxygen atoms in total. The Hall–Kier alpha value is -1.32. The third kappa shape index (κ3) is 3.37. The highest BCUT2D eigenvalue weighted by atomic mass is 16.5. The van der Waals surface area contributed by atoms with Gasteiger partial charge in [0.2, 0.25) is 11.8 Å². The Kier molecular flexibility index (Phi) is 3.58. The van der Waals surface area contributed by atoms with Gasteiger partial charge >= 0.3 is 0 Å². The van der Waals surface area contributed by atoms with Crippen molar-refractivity contribution in [1.82, 2.24) is 9.97 Å². The van der Waals surface area contributed by atoms with E-state index in [9.17, 15) is 0 Å². The maximum atomic E-state index is 5.62. The maximum absolute atomic E-state index is 5.62. The lowest BCUT2D eigenvalue weighted by atomic mass is 10.1. The van der Waals surface area contributed by atoms with E-state index in [1.165, 1.54) is 25.7 Å². The number of hydrogen-bond acceptors (Lipinski definition) is 4. The lowest BCUT2D eigenvalue weighted by molar-refractivity contribution is 0.304. The first-order chi connectivity index (χ1) is 9.26. The molecule has 0 aromatic carbocycles. The van der Waals surface area contributed by atoms with Crippen LogP contribution in [0.4, 0.5) is 5.95 Å². The first kappa shape index (κ1) is 12.7. The van der Waals surface area contributed by atoms with E-state index in [1.807, 2.05) is 13.0 Å². The van der Waals surface area contributed by atoms with Crippen LogP contribution in [0.3, 0.4) is 0 Å². The Morgan fingerprint density at radius 1 is 1.26 bits per heavy atom. The van der Waals surface area contributed by atoms with Gasteiger partial charge in [-0.15, -0.1) is 0 Å². The van der Waals surface area contributed by atoms with Gasteiger partial charge in [-0.3, -0.25) is 0 Å². The van der Waals surface area contributed by atoms with E-state index in [2.05, 4.69) is 22.2 Å². The van der Waals surface area contributed by atoms with Gasteiger partial charge in [0.25, 0.3) is 0 Å². The van der Waals surface area contributed by atoms with Crippen molar-refractivity contribution >= 4 is 5.95 Å². The Morgan fingerprint density at radius 2 is 1.95 bits per heavy atom.